The highest BCUT2D eigenvalue weighted by molar-refractivity contribution is 6.42. The molecule has 0 aliphatic carbocycles. The second-order valence-corrected chi connectivity index (χ2v) is 11.5. The first-order valence-electron chi connectivity index (χ1n) is 11.5. The molecule has 2 N–H and O–H groups in total. The molecule has 0 bridgehead atoms. The van der Waals surface area contributed by atoms with Crippen molar-refractivity contribution in [2.45, 2.75) is 65.2 Å². The average molecular weight is 515 g/mol. The van der Waals surface area contributed by atoms with Gasteiger partial charge in [0.25, 0.3) is 0 Å². The van der Waals surface area contributed by atoms with Crippen molar-refractivity contribution in [2.24, 2.45) is 5.10 Å². The lowest BCUT2D eigenvalue weighted by Crippen LogP contribution is -2.20. The molecule has 3 rings (SSSR count). The Bertz CT molecular complexity index is 1210. The Morgan fingerprint density at radius 3 is 2.17 bits per heavy atom. The van der Waals surface area contributed by atoms with E-state index in [-0.39, 0.29) is 23.2 Å². The fraction of sp³-hybridized carbons (Fsp3) is 0.357. The van der Waals surface area contributed by atoms with Crippen LogP contribution < -0.4 is 5.43 Å². The van der Waals surface area contributed by atoms with Gasteiger partial charge in [-0.05, 0) is 64.3 Å². The van der Waals surface area contributed by atoms with Crippen LogP contribution in [-0.4, -0.2) is 17.2 Å². The van der Waals surface area contributed by atoms with E-state index >= 15 is 0 Å². The van der Waals surface area contributed by atoms with Gasteiger partial charge in [0.05, 0.1) is 16.3 Å². The first-order valence-corrected chi connectivity index (χ1v) is 12.3. The predicted molar refractivity (Wildman–Crippen MR) is 144 cm³/mol. The maximum absolute atomic E-state index is 12.4. The Hall–Kier alpha value is -2.76. The number of nitrogens with zero attached hydrogens (tertiary/aromatic N) is 1. The van der Waals surface area contributed by atoms with Crippen molar-refractivity contribution in [3.63, 3.8) is 0 Å². The van der Waals surface area contributed by atoms with Gasteiger partial charge in [-0.2, -0.15) is 5.10 Å². The van der Waals surface area contributed by atoms with Crippen LogP contribution in [0.3, 0.4) is 0 Å². The van der Waals surface area contributed by atoms with Gasteiger partial charge in [0, 0.05) is 12.0 Å². The molecule has 0 unspecified atom stereocenters. The highest BCUT2D eigenvalue weighted by Gasteiger charge is 2.26. The number of carbonyl (C=O) groups excluding carboxylic acids is 1. The highest BCUT2D eigenvalue weighted by atomic mass is 35.5. The molecule has 7 heteroatoms. The summed E-state index contributed by atoms with van der Waals surface area (Å²) < 4.78 is 5.75. The molecule has 1 aromatic heterocycles. The van der Waals surface area contributed by atoms with Gasteiger partial charge in [0.15, 0.2) is 0 Å². The standard InChI is InChI=1S/C28H32Cl2N2O3/c1-27(2,3)20-13-17(14-21(26(20)34)28(4,5)6)7-12-25(33)32-31-16-19-9-11-24(35-19)18-8-10-22(29)23(30)15-18/h8-11,13-16,34H,7,12H2,1-6H3,(H,32,33). The second-order valence-electron chi connectivity index (χ2n) is 10.7. The molecule has 3 aromatic rings. The fourth-order valence-electron chi connectivity index (χ4n) is 3.69. The minimum Gasteiger partial charge on any atom is -0.507 e. The minimum absolute atomic E-state index is 0.208. The smallest absolute Gasteiger partial charge is 0.240 e. The van der Waals surface area contributed by atoms with Crippen LogP contribution in [0.25, 0.3) is 11.3 Å². The van der Waals surface area contributed by atoms with E-state index in [0.717, 1.165) is 22.3 Å². The molecular formula is C28H32Cl2N2O3. The summed E-state index contributed by atoms with van der Waals surface area (Å²) in [7, 11) is 0. The Morgan fingerprint density at radius 1 is 0.971 bits per heavy atom. The molecule has 5 nitrogen and oxygen atoms in total. The van der Waals surface area contributed by atoms with E-state index in [9.17, 15) is 9.90 Å². The van der Waals surface area contributed by atoms with Crippen molar-refractivity contribution in [2.75, 3.05) is 0 Å². The number of rotatable bonds is 6. The zero-order valence-electron chi connectivity index (χ0n) is 21.0. The summed E-state index contributed by atoms with van der Waals surface area (Å²) in [5.74, 6) is 1.24. The monoisotopic (exact) mass is 514 g/mol. The third-order valence-electron chi connectivity index (χ3n) is 5.64. The first-order chi connectivity index (χ1) is 16.3. The van der Waals surface area contributed by atoms with E-state index < -0.39 is 0 Å². The van der Waals surface area contributed by atoms with Crippen LogP contribution in [0.5, 0.6) is 5.75 Å². The van der Waals surface area contributed by atoms with E-state index in [1.807, 2.05) is 18.2 Å². The lowest BCUT2D eigenvalue weighted by atomic mass is 9.78. The van der Waals surface area contributed by atoms with Gasteiger partial charge in [-0.3, -0.25) is 4.79 Å². The molecule has 0 atom stereocenters. The Morgan fingerprint density at radius 2 is 1.60 bits per heavy atom. The van der Waals surface area contributed by atoms with Crippen LogP contribution in [0.15, 0.2) is 52.0 Å². The zero-order valence-corrected chi connectivity index (χ0v) is 22.5. The number of furan rings is 1. The Balaban J connectivity index is 1.64. The minimum atomic E-state index is -0.216. The van der Waals surface area contributed by atoms with Gasteiger partial charge in [0.2, 0.25) is 5.91 Å². The summed E-state index contributed by atoms with van der Waals surface area (Å²) in [6, 6.07) is 12.8. The van der Waals surface area contributed by atoms with Crippen molar-refractivity contribution in [1.29, 1.82) is 0 Å². The average Bonchev–Trinajstić information content (AvgIpc) is 3.22. The fourth-order valence-corrected chi connectivity index (χ4v) is 3.99. The van der Waals surface area contributed by atoms with Gasteiger partial charge in [-0.25, -0.2) is 5.43 Å². The second kappa shape index (κ2) is 10.5. The third-order valence-corrected chi connectivity index (χ3v) is 6.38. The van der Waals surface area contributed by atoms with Crippen LogP contribution in [-0.2, 0) is 22.0 Å². The van der Waals surface area contributed by atoms with E-state index in [1.165, 1.54) is 6.21 Å². The van der Waals surface area contributed by atoms with E-state index in [2.05, 4.69) is 52.1 Å². The maximum Gasteiger partial charge on any atom is 0.240 e. The summed E-state index contributed by atoms with van der Waals surface area (Å²) in [5.41, 5.74) is 5.69. The van der Waals surface area contributed by atoms with E-state index in [4.69, 9.17) is 27.6 Å². The number of aromatic hydroxyl groups is 1. The largest absolute Gasteiger partial charge is 0.507 e. The highest BCUT2D eigenvalue weighted by Crippen LogP contribution is 2.40. The molecule has 0 aliphatic rings. The normalized spacial score (nSPS) is 12.3. The van der Waals surface area contributed by atoms with Gasteiger partial charge in [-0.15, -0.1) is 0 Å². The van der Waals surface area contributed by atoms with Crippen LogP contribution >= 0.6 is 23.2 Å². The quantitative estimate of drug-likeness (QED) is 0.262. The molecule has 35 heavy (non-hydrogen) atoms. The number of benzene rings is 2. The number of phenolic OH excluding ortho intramolecular Hbond substituents is 1. The molecule has 1 heterocycles. The Kier molecular flexibility index (Phi) is 8.03. The van der Waals surface area contributed by atoms with Crippen LogP contribution in [0.4, 0.5) is 0 Å². The summed E-state index contributed by atoms with van der Waals surface area (Å²) in [6.45, 7) is 12.4. The first kappa shape index (κ1) is 26.8. The number of hydrogen-bond acceptors (Lipinski definition) is 4. The third kappa shape index (κ3) is 6.89. The zero-order chi connectivity index (χ0) is 26.0. The van der Waals surface area contributed by atoms with Crippen LogP contribution in [0.1, 0.15) is 70.4 Å². The van der Waals surface area contributed by atoms with Gasteiger partial charge in [-0.1, -0.05) is 76.9 Å². The number of hydrogen-bond donors (Lipinski definition) is 2. The van der Waals surface area contributed by atoms with Crippen molar-refractivity contribution in [3.05, 3.63) is 75.0 Å². The number of amides is 1. The molecule has 0 radical (unpaired) electrons. The molecule has 0 saturated carbocycles. The lowest BCUT2D eigenvalue weighted by Gasteiger charge is -2.28. The SMILES string of the molecule is CC(C)(C)c1cc(CCC(=O)NN=Cc2ccc(-c3ccc(Cl)c(Cl)c3)o2)cc(C(C)(C)C)c1O. The summed E-state index contributed by atoms with van der Waals surface area (Å²) in [5, 5.41) is 15.8. The van der Waals surface area contributed by atoms with Crippen molar-refractivity contribution in [3.8, 4) is 17.1 Å². The van der Waals surface area contributed by atoms with Gasteiger partial charge < -0.3 is 9.52 Å². The summed E-state index contributed by atoms with van der Waals surface area (Å²) >= 11 is 12.0. The number of phenols is 1. The molecular weight excluding hydrogens is 483 g/mol. The molecule has 186 valence electrons. The predicted octanol–water partition coefficient (Wildman–Crippen LogP) is 7.64. The topological polar surface area (TPSA) is 74.8 Å². The number of aryl methyl sites for hydroxylation is 1. The van der Waals surface area contributed by atoms with Crippen molar-refractivity contribution >= 4 is 35.3 Å². The molecule has 0 fully saturated rings. The van der Waals surface area contributed by atoms with Crippen LogP contribution in [0, 0.1) is 0 Å². The molecule has 0 saturated heterocycles. The van der Waals surface area contributed by atoms with Crippen molar-refractivity contribution in [1.82, 2.24) is 5.43 Å². The van der Waals surface area contributed by atoms with Gasteiger partial charge >= 0.3 is 0 Å². The lowest BCUT2D eigenvalue weighted by molar-refractivity contribution is -0.121. The van der Waals surface area contributed by atoms with Gasteiger partial charge in [0.1, 0.15) is 17.3 Å². The molecule has 0 aliphatic heterocycles. The van der Waals surface area contributed by atoms with E-state index in [1.54, 1.807) is 24.3 Å². The van der Waals surface area contributed by atoms with Crippen molar-refractivity contribution < 1.29 is 14.3 Å². The molecule has 1 amide bonds. The molecule has 2 aromatic carbocycles. The maximum atomic E-state index is 12.4. The Labute approximate surface area is 217 Å². The van der Waals surface area contributed by atoms with Crippen LogP contribution in [0.2, 0.25) is 10.0 Å². The number of hydrazone groups is 1. The molecule has 0 spiro atoms. The number of nitrogens with one attached hydrogen (secondary N) is 1. The number of carbonyl (C=O) groups is 1. The van der Waals surface area contributed by atoms with E-state index in [0.29, 0.717) is 33.7 Å². The summed E-state index contributed by atoms with van der Waals surface area (Å²) in [4.78, 5) is 12.4. The number of halogens is 2. The summed E-state index contributed by atoms with van der Waals surface area (Å²) in [6.07, 6.45) is 2.26.